The van der Waals surface area contributed by atoms with E-state index >= 15 is 0 Å². The molecule has 7 nitrogen and oxygen atoms in total. The number of aliphatic hydroxyl groups is 1. The average Bonchev–Trinajstić information content (AvgIpc) is 2.99. The number of imidazole rings is 1. The number of anilines is 1. The Hall–Kier alpha value is -1.93. The second kappa shape index (κ2) is 7.36. The summed E-state index contributed by atoms with van der Waals surface area (Å²) in [6, 6.07) is 5.15. The van der Waals surface area contributed by atoms with Crippen LogP contribution in [0.25, 0.3) is 11.0 Å². The minimum Gasteiger partial charge on any atom is -0.396 e. The van der Waals surface area contributed by atoms with Crippen molar-refractivity contribution >= 4 is 33.2 Å². The van der Waals surface area contributed by atoms with Crippen molar-refractivity contribution < 1.29 is 13.5 Å². The largest absolute Gasteiger partial charge is 0.396 e. The molecule has 0 spiro atoms. The van der Waals surface area contributed by atoms with E-state index in [4.69, 9.17) is 5.41 Å². The van der Waals surface area contributed by atoms with Crippen molar-refractivity contribution in [2.24, 2.45) is 5.92 Å². The Morgan fingerprint density at radius 3 is 2.77 bits per heavy atom. The van der Waals surface area contributed by atoms with Gasteiger partial charge in [0, 0.05) is 24.8 Å². The fourth-order valence-electron chi connectivity index (χ4n) is 3.50. The SMILES string of the molecule is CC(C)S(=O)(=O)n1c(N[C@@H]2CCCC[C@@H]2CO)nc2ccc(C=N)cc21. The standard InChI is InChI=1S/C18H26N4O3S/c1-12(2)26(24,25)22-17-9-13(10-19)7-8-16(17)21-18(22)20-15-6-4-3-5-14(15)11-23/h7-10,12,14-15,19,23H,3-6,11H2,1-2H3,(H,20,21)/t14-,15-/m1/s1. The Morgan fingerprint density at radius 1 is 1.38 bits per heavy atom. The topological polar surface area (TPSA) is 108 Å². The van der Waals surface area contributed by atoms with Gasteiger partial charge in [0.15, 0.2) is 0 Å². The summed E-state index contributed by atoms with van der Waals surface area (Å²) in [6.07, 6.45) is 5.11. The fraction of sp³-hybridized carbons (Fsp3) is 0.556. The van der Waals surface area contributed by atoms with Crippen molar-refractivity contribution in [1.29, 1.82) is 5.41 Å². The summed E-state index contributed by atoms with van der Waals surface area (Å²) in [5.74, 6) is 0.386. The number of rotatable bonds is 6. The van der Waals surface area contributed by atoms with Gasteiger partial charge in [-0.3, -0.25) is 0 Å². The zero-order valence-electron chi connectivity index (χ0n) is 15.1. The van der Waals surface area contributed by atoms with Crippen molar-refractivity contribution in [3.63, 3.8) is 0 Å². The molecule has 8 heteroatoms. The maximum absolute atomic E-state index is 13.0. The van der Waals surface area contributed by atoms with Crippen LogP contribution >= 0.6 is 0 Å². The number of aromatic nitrogens is 2. The van der Waals surface area contributed by atoms with E-state index in [1.807, 2.05) is 0 Å². The summed E-state index contributed by atoms with van der Waals surface area (Å²) >= 11 is 0. The lowest BCUT2D eigenvalue weighted by atomic mass is 9.85. The first-order valence-corrected chi connectivity index (χ1v) is 10.5. The second-order valence-electron chi connectivity index (χ2n) is 7.16. The van der Waals surface area contributed by atoms with E-state index in [9.17, 15) is 13.5 Å². The van der Waals surface area contributed by atoms with Crippen LogP contribution in [0.4, 0.5) is 5.95 Å². The molecule has 0 bridgehead atoms. The molecule has 26 heavy (non-hydrogen) atoms. The van der Waals surface area contributed by atoms with E-state index in [2.05, 4.69) is 10.3 Å². The van der Waals surface area contributed by atoms with Gasteiger partial charge in [-0.2, -0.15) is 0 Å². The Labute approximate surface area is 154 Å². The summed E-state index contributed by atoms with van der Waals surface area (Å²) in [6.45, 7) is 3.36. The minimum atomic E-state index is -3.64. The Morgan fingerprint density at radius 2 is 2.12 bits per heavy atom. The lowest BCUT2D eigenvalue weighted by molar-refractivity contribution is 0.178. The summed E-state index contributed by atoms with van der Waals surface area (Å²) < 4.78 is 27.3. The van der Waals surface area contributed by atoms with Crippen LogP contribution < -0.4 is 5.32 Å². The van der Waals surface area contributed by atoms with Gasteiger partial charge in [-0.25, -0.2) is 17.4 Å². The maximum atomic E-state index is 13.0. The third-order valence-electron chi connectivity index (χ3n) is 5.11. The van der Waals surface area contributed by atoms with E-state index in [1.54, 1.807) is 32.0 Å². The normalized spacial score (nSPS) is 21.2. The molecule has 0 saturated heterocycles. The molecule has 1 aromatic heterocycles. The molecule has 0 amide bonds. The molecular formula is C18H26N4O3S. The van der Waals surface area contributed by atoms with Gasteiger partial charge < -0.3 is 15.8 Å². The molecule has 3 rings (SSSR count). The van der Waals surface area contributed by atoms with Crippen LogP contribution in [0.5, 0.6) is 0 Å². The molecule has 0 radical (unpaired) electrons. The number of nitrogens with zero attached hydrogens (tertiary/aromatic N) is 2. The zero-order chi connectivity index (χ0) is 18.9. The van der Waals surface area contributed by atoms with Gasteiger partial charge in [-0.05, 0) is 44.4 Å². The van der Waals surface area contributed by atoms with Crippen LogP contribution in [0, 0.1) is 11.3 Å². The number of aliphatic hydroxyl groups excluding tert-OH is 1. The second-order valence-corrected chi connectivity index (χ2v) is 9.50. The molecule has 2 aromatic rings. The summed E-state index contributed by atoms with van der Waals surface area (Å²) in [7, 11) is -3.64. The summed E-state index contributed by atoms with van der Waals surface area (Å²) in [5.41, 5.74) is 1.66. The van der Waals surface area contributed by atoms with Gasteiger partial charge in [0.25, 0.3) is 0 Å². The van der Waals surface area contributed by atoms with E-state index in [0.29, 0.717) is 22.5 Å². The molecule has 1 fully saturated rings. The first-order chi connectivity index (χ1) is 12.4. The molecule has 142 valence electrons. The fourth-order valence-corrected chi connectivity index (χ4v) is 4.68. The summed E-state index contributed by atoms with van der Waals surface area (Å²) in [4.78, 5) is 4.52. The number of fused-ring (bicyclic) bond motifs is 1. The molecule has 1 aromatic carbocycles. The zero-order valence-corrected chi connectivity index (χ0v) is 16.0. The van der Waals surface area contributed by atoms with Crippen molar-refractivity contribution in [3.05, 3.63) is 23.8 Å². The van der Waals surface area contributed by atoms with Crippen LogP contribution in [0.3, 0.4) is 0 Å². The van der Waals surface area contributed by atoms with Crippen molar-refractivity contribution in [2.45, 2.75) is 50.8 Å². The maximum Gasteiger partial charge on any atom is 0.244 e. The number of benzene rings is 1. The van der Waals surface area contributed by atoms with Gasteiger partial charge >= 0.3 is 0 Å². The molecule has 1 aliphatic rings. The van der Waals surface area contributed by atoms with E-state index < -0.39 is 15.3 Å². The predicted octanol–water partition coefficient (Wildman–Crippen LogP) is 2.58. The molecule has 0 aliphatic heterocycles. The monoisotopic (exact) mass is 378 g/mol. The van der Waals surface area contributed by atoms with Crippen molar-refractivity contribution in [3.8, 4) is 0 Å². The lowest BCUT2D eigenvalue weighted by Gasteiger charge is -2.31. The minimum absolute atomic E-state index is 0.00566. The highest BCUT2D eigenvalue weighted by Gasteiger charge is 2.30. The molecule has 1 saturated carbocycles. The smallest absolute Gasteiger partial charge is 0.244 e. The van der Waals surface area contributed by atoms with Crippen LogP contribution in [0.2, 0.25) is 0 Å². The van der Waals surface area contributed by atoms with E-state index in [-0.39, 0.29) is 18.6 Å². The molecule has 2 atom stereocenters. The van der Waals surface area contributed by atoms with Crippen molar-refractivity contribution in [1.82, 2.24) is 8.96 Å². The number of nitrogens with one attached hydrogen (secondary N) is 2. The third-order valence-corrected chi connectivity index (χ3v) is 7.18. The van der Waals surface area contributed by atoms with Gasteiger partial charge in [-0.15, -0.1) is 0 Å². The summed E-state index contributed by atoms with van der Waals surface area (Å²) in [5, 5.41) is 19.8. The highest BCUT2D eigenvalue weighted by atomic mass is 32.2. The molecular weight excluding hydrogens is 352 g/mol. The van der Waals surface area contributed by atoms with Crippen molar-refractivity contribution in [2.75, 3.05) is 11.9 Å². The van der Waals surface area contributed by atoms with Crippen LogP contribution in [-0.4, -0.2) is 46.6 Å². The van der Waals surface area contributed by atoms with Gasteiger partial charge in [-0.1, -0.05) is 18.9 Å². The van der Waals surface area contributed by atoms with Gasteiger partial charge in [0.2, 0.25) is 16.0 Å². The quantitative estimate of drug-likeness (QED) is 0.670. The van der Waals surface area contributed by atoms with Crippen LogP contribution in [-0.2, 0) is 10.0 Å². The molecule has 0 unspecified atom stereocenters. The molecule has 1 aliphatic carbocycles. The Balaban J connectivity index is 2.13. The first kappa shape index (κ1) is 18.8. The van der Waals surface area contributed by atoms with Gasteiger partial charge in [0.1, 0.15) is 0 Å². The predicted molar refractivity (Wildman–Crippen MR) is 104 cm³/mol. The molecule has 3 N–H and O–H groups in total. The van der Waals surface area contributed by atoms with E-state index in [1.165, 1.54) is 10.2 Å². The van der Waals surface area contributed by atoms with Gasteiger partial charge in [0.05, 0.1) is 16.3 Å². The third kappa shape index (κ3) is 3.35. The number of hydrogen-bond acceptors (Lipinski definition) is 6. The van der Waals surface area contributed by atoms with Crippen LogP contribution in [0.1, 0.15) is 45.1 Å². The van der Waals surface area contributed by atoms with E-state index in [0.717, 1.165) is 25.7 Å². The first-order valence-electron chi connectivity index (χ1n) is 9.03. The lowest BCUT2D eigenvalue weighted by Crippen LogP contribution is -2.36. The number of hydrogen-bond donors (Lipinski definition) is 3. The Kier molecular flexibility index (Phi) is 5.34. The highest BCUT2D eigenvalue weighted by Crippen LogP contribution is 2.30. The Bertz CT molecular complexity index is 905. The molecule has 1 heterocycles. The average molecular weight is 378 g/mol. The van der Waals surface area contributed by atoms with Crippen LogP contribution in [0.15, 0.2) is 18.2 Å². The highest BCUT2D eigenvalue weighted by molar-refractivity contribution is 7.90.